The second kappa shape index (κ2) is 11.4. The van der Waals surface area contributed by atoms with Gasteiger partial charge in [0.05, 0.1) is 31.7 Å². The minimum atomic E-state index is -0.341. The largest absolute Gasteiger partial charge is 0.497 e. The van der Waals surface area contributed by atoms with Crippen LogP contribution in [0.2, 0.25) is 0 Å². The van der Waals surface area contributed by atoms with Crippen LogP contribution >= 0.6 is 11.3 Å². The number of likely N-dealkylation sites (tertiary alicyclic amines) is 1. The van der Waals surface area contributed by atoms with Gasteiger partial charge in [-0.1, -0.05) is 5.16 Å². The first-order chi connectivity index (χ1) is 18.1. The predicted molar refractivity (Wildman–Crippen MR) is 140 cm³/mol. The Labute approximate surface area is 220 Å². The number of fused-ring (bicyclic) bond motifs is 1. The van der Waals surface area contributed by atoms with E-state index in [1.54, 1.807) is 14.0 Å². The number of piperidine rings is 1. The second-order valence-corrected chi connectivity index (χ2v) is 10.5. The van der Waals surface area contributed by atoms with E-state index in [-0.39, 0.29) is 17.8 Å². The Morgan fingerprint density at radius 3 is 2.78 bits per heavy atom. The van der Waals surface area contributed by atoms with E-state index in [0.29, 0.717) is 42.0 Å². The first kappa shape index (κ1) is 25.4. The van der Waals surface area contributed by atoms with Gasteiger partial charge < -0.3 is 19.3 Å². The lowest BCUT2D eigenvalue weighted by Gasteiger charge is -2.30. The molecular weight excluding hydrogens is 492 g/mol. The number of carbonyl (C=O) groups is 2. The number of rotatable bonds is 8. The Bertz CT molecular complexity index is 1250. The van der Waals surface area contributed by atoms with Crippen LogP contribution in [0.3, 0.4) is 0 Å². The Kier molecular flexibility index (Phi) is 7.85. The molecule has 3 aromatic rings. The van der Waals surface area contributed by atoms with E-state index in [2.05, 4.69) is 20.4 Å². The van der Waals surface area contributed by atoms with Crippen molar-refractivity contribution in [3.05, 3.63) is 46.2 Å². The number of methoxy groups -OCH3 is 1. The summed E-state index contributed by atoms with van der Waals surface area (Å²) in [4.78, 5) is 34.0. The number of esters is 1. The highest BCUT2D eigenvalue weighted by Crippen LogP contribution is 2.39. The number of nitrogens with one attached hydrogen (secondary N) is 1. The van der Waals surface area contributed by atoms with E-state index < -0.39 is 0 Å². The first-order valence-corrected chi connectivity index (χ1v) is 13.7. The van der Waals surface area contributed by atoms with Crippen molar-refractivity contribution in [1.29, 1.82) is 0 Å². The fourth-order valence-corrected chi connectivity index (χ4v) is 6.35. The SMILES string of the molecule is CCOC(=O)c1c(NC(=O)C2CCCN(Cc3nc(-c4ccc(OC)cc4)no3)C2)sc2c1CCCC2. The zero-order valence-corrected chi connectivity index (χ0v) is 22.1. The number of anilines is 1. The van der Waals surface area contributed by atoms with Crippen molar-refractivity contribution in [2.75, 3.05) is 32.1 Å². The summed E-state index contributed by atoms with van der Waals surface area (Å²) < 4.78 is 16.0. The summed E-state index contributed by atoms with van der Waals surface area (Å²) in [7, 11) is 1.63. The van der Waals surface area contributed by atoms with Crippen LogP contribution in [0.25, 0.3) is 11.4 Å². The van der Waals surface area contributed by atoms with Crippen LogP contribution in [0.15, 0.2) is 28.8 Å². The third kappa shape index (κ3) is 5.70. The standard InChI is InChI=1S/C27H32N4O5S/c1-3-35-27(33)23-20-8-4-5-9-21(20)37-26(23)29-25(32)18-7-6-14-31(15-18)16-22-28-24(30-36-22)17-10-12-19(34-2)13-11-17/h10-13,18H,3-9,14-16H2,1-2H3,(H,29,32). The number of ether oxygens (including phenoxy) is 2. The van der Waals surface area contributed by atoms with Crippen LogP contribution in [0, 0.1) is 5.92 Å². The van der Waals surface area contributed by atoms with Gasteiger partial charge in [0.25, 0.3) is 0 Å². The highest BCUT2D eigenvalue weighted by molar-refractivity contribution is 7.17. The topological polar surface area (TPSA) is 107 Å². The van der Waals surface area contributed by atoms with E-state index in [1.165, 1.54) is 16.2 Å². The summed E-state index contributed by atoms with van der Waals surface area (Å²) in [6.45, 7) is 4.03. The minimum absolute atomic E-state index is 0.0571. The fourth-order valence-electron chi connectivity index (χ4n) is 5.07. The lowest BCUT2D eigenvalue weighted by Crippen LogP contribution is -2.40. The number of amides is 1. The number of aryl methyl sites for hydroxylation is 1. The minimum Gasteiger partial charge on any atom is -0.497 e. The molecule has 0 spiro atoms. The Balaban J connectivity index is 1.24. The number of carbonyl (C=O) groups excluding carboxylic acids is 2. The number of hydrogen-bond donors (Lipinski definition) is 1. The number of hydrogen-bond acceptors (Lipinski definition) is 9. The quantitative estimate of drug-likeness (QED) is 0.422. The molecule has 1 aliphatic heterocycles. The highest BCUT2D eigenvalue weighted by Gasteiger charge is 2.31. The number of benzene rings is 1. The molecule has 1 saturated heterocycles. The maximum Gasteiger partial charge on any atom is 0.341 e. The molecule has 1 atom stereocenters. The number of thiophene rings is 1. The van der Waals surface area contributed by atoms with Crippen LogP contribution in [-0.2, 0) is 28.9 Å². The molecule has 3 heterocycles. The molecule has 37 heavy (non-hydrogen) atoms. The fraction of sp³-hybridized carbons (Fsp3) is 0.481. The third-order valence-corrected chi connectivity index (χ3v) is 8.15. The van der Waals surface area contributed by atoms with Crippen LogP contribution in [0.5, 0.6) is 5.75 Å². The summed E-state index contributed by atoms with van der Waals surface area (Å²) in [6, 6.07) is 7.50. The van der Waals surface area contributed by atoms with Crippen molar-refractivity contribution >= 4 is 28.2 Å². The smallest absolute Gasteiger partial charge is 0.341 e. The van der Waals surface area contributed by atoms with Crippen LogP contribution in [-0.4, -0.2) is 53.7 Å². The highest BCUT2D eigenvalue weighted by atomic mass is 32.1. The average molecular weight is 525 g/mol. The van der Waals surface area contributed by atoms with Gasteiger partial charge in [0.1, 0.15) is 10.8 Å². The molecule has 1 aromatic carbocycles. The first-order valence-electron chi connectivity index (χ1n) is 12.9. The molecule has 10 heteroatoms. The van der Waals surface area contributed by atoms with Gasteiger partial charge in [0.2, 0.25) is 17.6 Å². The van der Waals surface area contributed by atoms with E-state index in [0.717, 1.165) is 61.9 Å². The molecule has 1 N–H and O–H groups in total. The van der Waals surface area contributed by atoms with Crippen molar-refractivity contribution in [1.82, 2.24) is 15.0 Å². The van der Waals surface area contributed by atoms with Crippen LogP contribution < -0.4 is 10.1 Å². The zero-order chi connectivity index (χ0) is 25.8. The molecular formula is C27H32N4O5S. The normalized spacial score (nSPS) is 17.7. The van der Waals surface area contributed by atoms with E-state index >= 15 is 0 Å². The van der Waals surface area contributed by atoms with Gasteiger partial charge in [-0.3, -0.25) is 9.69 Å². The number of nitrogens with zero attached hydrogens (tertiary/aromatic N) is 3. The third-order valence-electron chi connectivity index (χ3n) is 6.94. The van der Waals surface area contributed by atoms with Gasteiger partial charge >= 0.3 is 5.97 Å². The van der Waals surface area contributed by atoms with Crippen LogP contribution in [0.1, 0.15) is 59.3 Å². The van der Waals surface area contributed by atoms with Crippen molar-refractivity contribution < 1.29 is 23.6 Å². The molecule has 2 aromatic heterocycles. The maximum absolute atomic E-state index is 13.3. The van der Waals surface area contributed by atoms with Crippen molar-refractivity contribution in [3.8, 4) is 17.1 Å². The monoisotopic (exact) mass is 524 g/mol. The van der Waals surface area contributed by atoms with E-state index in [1.807, 2.05) is 24.3 Å². The summed E-state index contributed by atoms with van der Waals surface area (Å²) in [5.41, 5.74) is 2.46. The average Bonchev–Trinajstić information content (AvgIpc) is 3.53. The molecule has 9 nitrogen and oxygen atoms in total. The van der Waals surface area contributed by atoms with Crippen molar-refractivity contribution in [3.63, 3.8) is 0 Å². The van der Waals surface area contributed by atoms with E-state index in [4.69, 9.17) is 14.0 Å². The van der Waals surface area contributed by atoms with Gasteiger partial charge in [0.15, 0.2) is 0 Å². The number of aromatic nitrogens is 2. The molecule has 1 fully saturated rings. The summed E-state index contributed by atoms with van der Waals surface area (Å²) >= 11 is 1.53. The lowest BCUT2D eigenvalue weighted by molar-refractivity contribution is -0.121. The van der Waals surface area contributed by atoms with Crippen molar-refractivity contribution in [2.45, 2.75) is 52.0 Å². The van der Waals surface area contributed by atoms with Gasteiger partial charge in [-0.25, -0.2) is 4.79 Å². The molecule has 2 aliphatic rings. The van der Waals surface area contributed by atoms with Gasteiger partial charge in [-0.15, -0.1) is 11.3 Å². The molecule has 1 amide bonds. The molecule has 0 bridgehead atoms. The van der Waals surface area contributed by atoms with E-state index in [9.17, 15) is 9.59 Å². The molecule has 1 aliphatic carbocycles. The molecule has 0 saturated carbocycles. The predicted octanol–water partition coefficient (Wildman–Crippen LogP) is 4.71. The summed E-state index contributed by atoms with van der Waals surface area (Å²) in [5, 5.41) is 7.83. The summed E-state index contributed by atoms with van der Waals surface area (Å²) in [5.74, 6) is 1.22. The van der Waals surface area contributed by atoms with Crippen LogP contribution in [0.4, 0.5) is 5.00 Å². The molecule has 5 rings (SSSR count). The molecule has 0 radical (unpaired) electrons. The second-order valence-electron chi connectivity index (χ2n) is 9.44. The molecule has 1 unspecified atom stereocenters. The maximum atomic E-state index is 13.3. The van der Waals surface area contributed by atoms with Gasteiger partial charge in [-0.05, 0) is 81.8 Å². The zero-order valence-electron chi connectivity index (χ0n) is 21.2. The summed E-state index contributed by atoms with van der Waals surface area (Å²) in [6.07, 6.45) is 5.65. The van der Waals surface area contributed by atoms with Crippen molar-refractivity contribution in [2.24, 2.45) is 5.92 Å². The lowest BCUT2D eigenvalue weighted by atomic mass is 9.95. The Morgan fingerprint density at radius 2 is 2.00 bits per heavy atom. The Hall–Kier alpha value is -3.24. The molecule has 196 valence electrons. The Morgan fingerprint density at radius 1 is 1.19 bits per heavy atom. The van der Waals surface area contributed by atoms with Gasteiger partial charge in [-0.2, -0.15) is 4.98 Å². The van der Waals surface area contributed by atoms with Gasteiger partial charge in [0, 0.05) is 17.0 Å².